The molecule has 1 aliphatic carbocycles. The van der Waals surface area contributed by atoms with E-state index in [1.54, 1.807) is 6.07 Å². The van der Waals surface area contributed by atoms with E-state index in [-0.39, 0.29) is 11.9 Å². The van der Waals surface area contributed by atoms with Crippen molar-refractivity contribution in [3.63, 3.8) is 0 Å². The van der Waals surface area contributed by atoms with Gasteiger partial charge in [0.2, 0.25) is 0 Å². The number of aromatic nitrogens is 1. The summed E-state index contributed by atoms with van der Waals surface area (Å²) in [6, 6.07) is 3.79. The van der Waals surface area contributed by atoms with E-state index < -0.39 is 0 Å². The maximum Gasteiger partial charge on any atom is 0.141 e. The third kappa shape index (κ3) is 2.82. The van der Waals surface area contributed by atoms with Gasteiger partial charge >= 0.3 is 0 Å². The Balaban J connectivity index is 2.07. The SMILES string of the molecule is CC(c1ccc(F)cn1)N(C)C(CN)C1CC1. The van der Waals surface area contributed by atoms with Gasteiger partial charge in [-0.1, -0.05) is 0 Å². The van der Waals surface area contributed by atoms with Crippen molar-refractivity contribution in [2.24, 2.45) is 11.7 Å². The van der Waals surface area contributed by atoms with E-state index in [4.69, 9.17) is 5.73 Å². The summed E-state index contributed by atoms with van der Waals surface area (Å²) in [5.74, 6) is 0.439. The number of hydrogen-bond donors (Lipinski definition) is 1. The van der Waals surface area contributed by atoms with Gasteiger partial charge in [0.1, 0.15) is 5.82 Å². The number of nitrogens with two attached hydrogens (primary N) is 1. The number of likely N-dealkylation sites (N-methyl/N-ethyl adjacent to an activating group) is 1. The van der Waals surface area contributed by atoms with E-state index in [0.717, 1.165) is 11.6 Å². The van der Waals surface area contributed by atoms with Gasteiger partial charge in [-0.2, -0.15) is 0 Å². The first-order chi connectivity index (χ1) is 8.13. The monoisotopic (exact) mass is 237 g/mol. The topological polar surface area (TPSA) is 42.2 Å². The summed E-state index contributed by atoms with van der Waals surface area (Å²) < 4.78 is 12.8. The Hall–Kier alpha value is -1.00. The lowest BCUT2D eigenvalue weighted by atomic mass is 10.1. The number of halogens is 1. The Morgan fingerprint density at radius 1 is 1.53 bits per heavy atom. The zero-order chi connectivity index (χ0) is 12.4. The molecule has 17 heavy (non-hydrogen) atoms. The molecule has 0 amide bonds. The Morgan fingerprint density at radius 3 is 2.71 bits per heavy atom. The fourth-order valence-corrected chi connectivity index (χ4v) is 2.30. The van der Waals surface area contributed by atoms with Crippen LogP contribution in [0.5, 0.6) is 0 Å². The second kappa shape index (κ2) is 5.10. The molecule has 0 bridgehead atoms. The van der Waals surface area contributed by atoms with Gasteiger partial charge in [-0.15, -0.1) is 0 Å². The van der Waals surface area contributed by atoms with E-state index >= 15 is 0 Å². The lowest BCUT2D eigenvalue weighted by Crippen LogP contribution is -2.41. The van der Waals surface area contributed by atoms with Gasteiger partial charge in [0.05, 0.1) is 11.9 Å². The quantitative estimate of drug-likeness (QED) is 0.851. The average molecular weight is 237 g/mol. The van der Waals surface area contributed by atoms with Gasteiger partial charge in [0.15, 0.2) is 0 Å². The van der Waals surface area contributed by atoms with Crippen molar-refractivity contribution >= 4 is 0 Å². The van der Waals surface area contributed by atoms with Gasteiger partial charge in [0, 0.05) is 18.6 Å². The van der Waals surface area contributed by atoms with Crippen molar-refractivity contribution in [1.82, 2.24) is 9.88 Å². The molecule has 0 aromatic carbocycles. The van der Waals surface area contributed by atoms with Crippen molar-refractivity contribution in [3.05, 3.63) is 29.8 Å². The summed E-state index contributed by atoms with van der Waals surface area (Å²) in [6.07, 6.45) is 3.82. The van der Waals surface area contributed by atoms with Gasteiger partial charge in [0.25, 0.3) is 0 Å². The summed E-state index contributed by atoms with van der Waals surface area (Å²) in [5, 5.41) is 0. The summed E-state index contributed by atoms with van der Waals surface area (Å²) in [7, 11) is 2.07. The molecule has 0 saturated heterocycles. The molecule has 94 valence electrons. The third-order valence-corrected chi connectivity index (χ3v) is 3.72. The van der Waals surface area contributed by atoms with Crippen molar-refractivity contribution in [1.29, 1.82) is 0 Å². The zero-order valence-electron chi connectivity index (χ0n) is 10.4. The molecule has 1 aliphatic rings. The molecule has 4 heteroatoms. The molecule has 1 heterocycles. The van der Waals surface area contributed by atoms with E-state index in [0.29, 0.717) is 12.6 Å². The fourth-order valence-electron chi connectivity index (χ4n) is 2.30. The largest absolute Gasteiger partial charge is 0.329 e. The van der Waals surface area contributed by atoms with Crippen LogP contribution in [-0.4, -0.2) is 29.5 Å². The minimum atomic E-state index is -0.291. The molecule has 1 saturated carbocycles. The van der Waals surface area contributed by atoms with Crippen molar-refractivity contribution in [2.45, 2.75) is 31.8 Å². The third-order valence-electron chi connectivity index (χ3n) is 3.72. The highest BCUT2D eigenvalue weighted by molar-refractivity contribution is 5.10. The highest BCUT2D eigenvalue weighted by Gasteiger charge is 2.34. The highest BCUT2D eigenvalue weighted by Crippen LogP contribution is 2.36. The molecule has 2 N–H and O–H groups in total. The normalized spacial score (nSPS) is 19.4. The lowest BCUT2D eigenvalue weighted by molar-refractivity contribution is 0.167. The summed E-state index contributed by atoms with van der Waals surface area (Å²) in [6.45, 7) is 2.76. The maximum absolute atomic E-state index is 12.8. The first-order valence-electron chi connectivity index (χ1n) is 6.17. The van der Waals surface area contributed by atoms with Crippen molar-refractivity contribution in [3.8, 4) is 0 Å². The standard InChI is InChI=1S/C13H20FN3/c1-9(12-6-5-11(14)8-16-12)17(2)13(7-15)10-3-4-10/h5-6,8-10,13H,3-4,7,15H2,1-2H3. The predicted octanol–water partition coefficient (Wildman–Crippen LogP) is 1.95. The van der Waals surface area contributed by atoms with Crippen LogP contribution in [0, 0.1) is 11.7 Å². The van der Waals surface area contributed by atoms with Crippen LogP contribution in [0.25, 0.3) is 0 Å². The number of pyridine rings is 1. The van der Waals surface area contributed by atoms with E-state index in [1.807, 2.05) is 0 Å². The maximum atomic E-state index is 12.8. The van der Waals surface area contributed by atoms with Crippen LogP contribution in [-0.2, 0) is 0 Å². The second-order valence-corrected chi connectivity index (χ2v) is 4.88. The van der Waals surface area contributed by atoms with E-state index in [2.05, 4.69) is 23.9 Å². The molecule has 0 radical (unpaired) electrons. The van der Waals surface area contributed by atoms with Gasteiger partial charge in [-0.25, -0.2) is 4.39 Å². The Kier molecular flexibility index (Phi) is 3.74. The van der Waals surface area contributed by atoms with Crippen LogP contribution in [0.2, 0.25) is 0 Å². The van der Waals surface area contributed by atoms with Crippen LogP contribution in [0.15, 0.2) is 18.3 Å². The van der Waals surface area contributed by atoms with E-state index in [9.17, 15) is 4.39 Å². The lowest BCUT2D eigenvalue weighted by Gasteiger charge is -2.32. The number of nitrogens with zero attached hydrogens (tertiary/aromatic N) is 2. The molecule has 0 aliphatic heterocycles. The minimum absolute atomic E-state index is 0.171. The minimum Gasteiger partial charge on any atom is -0.329 e. The highest BCUT2D eigenvalue weighted by atomic mass is 19.1. The van der Waals surface area contributed by atoms with Crippen LogP contribution >= 0.6 is 0 Å². The van der Waals surface area contributed by atoms with Crippen LogP contribution in [0.1, 0.15) is 31.5 Å². The Morgan fingerprint density at radius 2 is 2.24 bits per heavy atom. The molecular formula is C13H20FN3. The molecule has 1 aromatic heterocycles. The number of rotatable bonds is 5. The second-order valence-electron chi connectivity index (χ2n) is 4.88. The Bertz CT molecular complexity index is 361. The predicted molar refractivity (Wildman–Crippen MR) is 65.9 cm³/mol. The average Bonchev–Trinajstić information content (AvgIpc) is 3.14. The van der Waals surface area contributed by atoms with Gasteiger partial charge in [-0.3, -0.25) is 9.88 Å². The molecule has 1 aromatic rings. The van der Waals surface area contributed by atoms with Gasteiger partial charge in [-0.05, 0) is 44.9 Å². The zero-order valence-corrected chi connectivity index (χ0v) is 10.4. The van der Waals surface area contributed by atoms with E-state index in [1.165, 1.54) is 25.1 Å². The molecule has 1 fully saturated rings. The van der Waals surface area contributed by atoms with Crippen LogP contribution in [0.4, 0.5) is 4.39 Å². The van der Waals surface area contributed by atoms with Crippen LogP contribution < -0.4 is 5.73 Å². The molecule has 3 nitrogen and oxygen atoms in total. The molecule has 2 unspecified atom stereocenters. The molecule has 2 atom stereocenters. The summed E-state index contributed by atoms with van der Waals surface area (Å²) in [4.78, 5) is 6.40. The Labute approximate surface area is 102 Å². The smallest absolute Gasteiger partial charge is 0.141 e. The number of hydrogen-bond acceptors (Lipinski definition) is 3. The first kappa shape index (κ1) is 12.5. The summed E-state index contributed by atoms with van der Waals surface area (Å²) >= 11 is 0. The van der Waals surface area contributed by atoms with Gasteiger partial charge < -0.3 is 5.73 Å². The fraction of sp³-hybridized carbons (Fsp3) is 0.615. The summed E-state index contributed by atoms with van der Waals surface area (Å²) in [5.41, 5.74) is 6.73. The van der Waals surface area contributed by atoms with Crippen molar-refractivity contribution in [2.75, 3.05) is 13.6 Å². The molecular weight excluding hydrogens is 217 g/mol. The molecule has 2 rings (SSSR count). The van der Waals surface area contributed by atoms with Crippen LogP contribution in [0.3, 0.4) is 0 Å². The first-order valence-corrected chi connectivity index (χ1v) is 6.17. The molecule has 0 spiro atoms. The van der Waals surface area contributed by atoms with Crippen molar-refractivity contribution < 1.29 is 4.39 Å².